The summed E-state index contributed by atoms with van der Waals surface area (Å²) in [5, 5.41) is 9.30. The molecule has 1 unspecified atom stereocenters. The third-order valence-electron chi connectivity index (χ3n) is 2.08. The summed E-state index contributed by atoms with van der Waals surface area (Å²) in [6.45, 7) is 0.517. The first kappa shape index (κ1) is 8.47. The smallest absolute Gasteiger partial charge is 0.333 e. The van der Waals surface area contributed by atoms with Crippen LogP contribution in [0.1, 0.15) is 6.42 Å². The Bertz CT molecular complexity index is 279. The molecule has 0 aliphatic carbocycles. The number of aliphatic hydroxyl groups is 1. The maximum absolute atomic E-state index is 10.8. The molecule has 0 fully saturated rings. The van der Waals surface area contributed by atoms with Crippen molar-refractivity contribution < 1.29 is 19.4 Å². The van der Waals surface area contributed by atoms with Crippen molar-refractivity contribution in [3.8, 4) is 0 Å². The minimum absolute atomic E-state index is 0.216. The van der Waals surface area contributed by atoms with E-state index in [2.05, 4.69) is 4.74 Å². The molecule has 0 bridgehead atoms. The predicted octanol–water partition coefficient (Wildman–Crippen LogP) is 0.133. The lowest BCUT2D eigenvalue weighted by atomic mass is 10.1. The number of aliphatic hydroxyl groups excluding tert-OH is 1. The van der Waals surface area contributed by atoms with Crippen molar-refractivity contribution in [2.24, 2.45) is 0 Å². The van der Waals surface area contributed by atoms with Gasteiger partial charge in [0.25, 0.3) is 0 Å². The first-order valence-electron chi connectivity index (χ1n) is 4.14. The third kappa shape index (κ3) is 1.64. The van der Waals surface area contributed by atoms with E-state index in [1.165, 1.54) is 6.08 Å². The molecule has 0 saturated heterocycles. The summed E-state index contributed by atoms with van der Waals surface area (Å²) in [4.78, 5) is 10.8. The standard InChI is InChI=1S/C9H10O4/c10-8-5-6(9(11)13-8)7-3-1-2-4-12-7/h1-2,5,7,9,11H,3-4H2/t7-,9?/m0/s1. The highest BCUT2D eigenvalue weighted by Crippen LogP contribution is 2.23. The van der Waals surface area contributed by atoms with E-state index >= 15 is 0 Å². The van der Waals surface area contributed by atoms with Crippen LogP contribution in [-0.2, 0) is 14.3 Å². The van der Waals surface area contributed by atoms with Gasteiger partial charge in [0.05, 0.1) is 12.7 Å². The lowest BCUT2D eigenvalue weighted by Gasteiger charge is -2.20. The molecular formula is C9H10O4. The van der Waals surface area contributed by atoms with Crippen LogP contribution in [0.4, 0.5) is 0 Å². The van der Waals surface area contributed by atoms with Crippen molar-refractivity contribution in [3.05, 3.63) is 23.8 Å². The number of hydrogen-bond acceptors (Lipinski definition) is 4. The van der Waals surface area contributed by atoms with Gasteiger partial charge in [-0.25, -0.2) is 4.79 Å². The van der Waals surface area contributed by atoms with Gasteiger partial charge in [0, 0.05) is 11.6 Å². The highest BCUT2D eigenvalue weighted by atomic mass is 16.6. The van der Waals surface area contributed by atoms with Gasteiger partial charge < -0.3 is 14.6 Å². The van der Waals surface area contributed by atoms with Crippen molar-refractivity contribution in [1.29, 1.82) is 0 Å². The average molecular weight is 182 g/mol. The minimum atomic E-state index is -1.12. The maximum atomic E-state index is 10.8. The van der Waals surface area contributed by atoms with E-state index in [0.717, 1.165) is 0 Å². The lowest BCUT2D eigenvalue weighted by molar-refractivity contribution is -0.152. The fourth-order valence-corrected chi connectivity index (χ4v) is 1.43. The molecule has 0 radical (unpaired) electrons. The van der Waals surface area contributed by atoms with Crippen LogP contribution in [-0.4, -0.2) is 30.1 Å². The minimum Gasteiger partial charge on any atom is -0.429 e. The maximum Gasteiger partial charge on any atom is 0.333 e. The van der Waals surface area contributed by atoms with Crippen LogP contribution in [0.3, 0.4) is 0 Å². The summed E-state index contributed by atoms with van der Waals surface area (Å²) in [5.74, 6) is -0.499. The Hall–Kier alpha value is -1.13. The molecule has 0 amide bonds. The van der Waals surface area contributed by atoms with Crippen LogP contribution >= 0.6 is 0 Å². The first-order valence-corrected chi connectivity index (χ1v) is 4.14. The van der Waals surface area contributed by atoms with Gasteiger partial charge in [-0.1, -0.05) is 12.2 Å². The van der Waals surface area contributed by atoms with E-state index in [4.69, 9.17) is 4.74 Å². The molecule has 4 heteroatoms. The van der Waals surface area contributed by atoms with Crippen LogP contribution in [0.5, 0.6) is 0 Å². The third-order valence-corrected chi connectivity index (χ3v) is 2.08. The average Bonchev–Trinajstić information content (AvgIpc) is 2.47. The Labute approximate surface area is 75.5 Å². The summed E-state index contributed by atoms with van der Waals surface area (Å²) >= 11 is 0. The second-order valence-electron chi connectivity index (χ2n) is 2.96. The zero-order valence-electron chi connectivity index (χ0n) is 6.97. The highest BCUT2D eigenvalue weighted by Gasteiger charge is 2.30. The fourth-order valence-electron chi connectivity index (χ4n) is 1.43. The molecule has 2 heterocycles. The summed E-state index contributed by atoms with van der Waals surface area (Å²) < 4.78 is 9.88. The van der Waals surface area contributed by atoms with Gasteiger partial charge >= 0.3 is 5.97 Å². The van der Waals surface area contributed by atoms with Gasteiger partial charge in [-0.3, -0.25) is 0 Å². The molecule has 0 aromatic rings. The van der Waals surface area contributed by atoms with Gasteiger partial charge in [0.15, 0.2) is 0 Å². The molecule has 0 aromatic carbocycles. The second kappa shape index (κ2) is 3.32. The molecule has 2 aliphatic heterocycles. The Morgan fingerprint density at radius 2 is 2.31 bits per heavy atom. The van der Waals surface area contributed by atoms with Crippen LogP contribution in [0.2, 0.25) is 0 Å². The van der Waals surface area contributed by atoms with Crippen LogP contribution in [0, 0.1) is 0 Å². The number of rotatable bonds is 1. The molecule has 13 heavy (non-hydrogen) atoms. The van der Waals surface area contributed by atoms with E-state index < -0.39 is 12.3 Å². The number of carbonyl (C=O) groups is 1. The molecule has 0 spiro atoms. The molecule has 70 valence electrons. The topological polar surface area (TPSA) is 55.8 Å². The van der Waals surface area contributed by atoms with E-state index in [9.17, 15) is 9.90 Å². The molecule has 2 atom stereocenters. The Balaban J connectivity index is 2.11. The molecule has 2 aliphatic rings. The van der Waals surface area contributed by atoms with E-state index in [-0.39, 0.29) is 6.10 Å². The summed E-state index contributed by atoms with van der Waals surface area (Å²) in [5.41, 5.74) is 0.523. The molecule has 2 rings (SSSR count). The molecule has 0 saturated carbocycles. The SMILES string of the molecule is O=C1C=C([C@@H]2CC=CCO2)C(O)O1. The molecule has 1 N–H and O–H groups in total. The van der Waals surface area contributed by atoms with Crippen LogP contribution in [0.25, 0.3) is 0 Å². The second-order valence-corrected chi connectivity index (χ2v) is 2.96. The van der Waals surface area contributed by atoms with Gasteiger partial charge in [-0.15, -0.1) is 0 Å². The summed E-state index contributed by atoms with van der Waals surface area (Å²) in [6.07, 6.45) is 4.51. The Morgan fingerprint density at radius 1 is 1.46 bits per heavy atom. The largest absolute Gasteiger partial charge is 0.429 e. The zero-order valence-corrected chi connectivity index (χ0v) is 6.97. The fraction of sp³-hybridized carbons (Fsp3) is 0.444. The number of carbonyl (C=O) groups excluding carboxylic acids is 1. The van der Waals surface area contributed by atoms with Crippen molar-refractivity contribution in [2.75, 3.05) is 6.61 Å². The van der Waals surface area contributed by atoms with E-state index in [1.807, 2.05) is 12.2 Å². The van der Waals surface area contributed by atoms with Crippen LogP contribution in [0.15, 0.2) is 23.8 Å². The zero-order chi connectivity index (χ0) is 9.26. The lowest BCUT2D eigenvalue weighted by Crippen LogP contribution is -2.24. The number of cyclic esters (lactones) is 1. The molecule has 0 aromatic heterocycles. The van der Waals surface area contributed by atoms with Crippen LogP contribution < -0.4 is 0 Å². The number of esters is 1. The van der Waals surface area contributed by atoms with E-state index in [0.29, 0.717) is 18.6 Å². The number of ether oxygens (including phenoxy) is 2. The number of hydrogen-bond donors (Lipinski definition) is 1. The Morgan fingerprint density at radius 3 is 2.85 bits per heavy atom. The summed E-state index contributed by atoms with van der Waals surface area (Å²) in [7, 11) is 0. The quantitative estimate of drug-likeness (QED) is 0.462. The highest BCUT2D eigenvalue weighted by molar-refractivity contribution is 5.85. The van der Waals surface area contributed by atoms with E-state index in [1.54, 1.807) is 0 Å². The summed E-state index contributed by atoms with van der Waals surface area (Å²) in [6, 6.07) is 0. The predicted molar refractivity (Wildman–Crippen MR) is 43.7 cm³/mol. The monoisotopic (exact) mass is 182 g/mol. The normalized spacial score (nSPS) is 33.0. The van der Waals surface area contributed by atoms with Crippen molar-refractivity contribution in [3.63, 3.8) is 0 Å². The molecular weight excluding hydrogens is 172 g/mol. The van der Waals surface area contributed by atoms with Crippen molar-refractivity contribution in [2.45, 2.75) is 18.8 Å². The van der Waals surface area contributed by atoms with Gasteiger partial charge in [-0.2, -0.15) is 0 Å². The Kier molecular flexibility index (Phi) is 2.16. The van der Waals surface area contributed by atoms with Crippen molar-refractivity contribution >= 4 is 5.97 Å². The van der Waals surface area contributed by atoms with Gasteiger partial charge in [-0.05, 0) is 6.42 Å². The van der Waals surface area contributed by atoms with Gasteiger partial charge in [0.2, 0.25) is 6.29 Å². The molecule has 4 nitrogen and oxygen atoms in total. The first-order chi connectivity index (χ1) is 6.27. The van der Waals surface area contributed by atoms with Gasteiger partial charge in [0.1, 0.15) is 0 Å². The van der Waals surface area contributed by atoms with Crippen molar-refractivity contribution in [1.82, 2.24) is 0 Å².